The van der Waals surface area contributed by atoms with Gasteiger partial charge in [-0.05, 0) is 6.07 Å². The van der Waals surface area contributed by atoms with Crippen molar-refractivity contribution in [3.63, 3.8) is 0 Å². The minimum atomic E-state index is -0.622. The number of thiazole rings is 1. The molecule has 0 aliphatic heterocycles. The summed E-state index contributed by atoms with van der Waals surface area (Å²) in [7, 11) is 0. The summed E-state index contributed by atoms with van der Waals surface area (Å²) < 4.78 is 0. The molecule has 0 saturated carbocycles. The Bertz CT molecular complexity index is 707. The normalized spacial score (nSPS) is 10.5. The van der Waals surface area contributed by atoms with Gasteiger partial charge in [0, 0.05) is 17.1 Å². The molecule has 0 fully saturated rings. The Kier molecular flexibility index (Phi) is 2.76. The number of nitrogens with two attached hydrogens (primary N) is 1. The molecule has 0 atom stereocenters. The average Bonchev–Trinajstić information content (AvgIpc) is 3.11. The van der Waals surface area contributed by atoms with E-state index in [2.05, 4.69) is 25.1 Å². The zero-order valence-corrected chi connectivity index (χ0v) is 10.4. The number of carbonyl (C=O) groups excluding carboxylic acids is 1. The highest BCUT2D eigenvalue weighted by Gasteiger charge is 2.19. The highest BCUT2D eigenvalue weighted by molar-refractivity contribution is 7.07. The van der Waals surface area contributed by atoms with Gasteiger partial charge in [-0.15, -0.1) is 11.3 Å². The van der Waals surface area contributed by atoms with Crippen LogP contribution in [-0.2, 0) is 0 Å². The molecule has 0 aliphatic carbocycles. The molecule has 0 radical (unpaired) electrons. The fourth-order valence-corrected chi connectivity index (χ4v) is 2.33. The van der Waals surface area contributed by atoms with Crippen molar-refractivity contribution in [1.82, 2.24) is 25.1 Å². The molecule has 0 bridgehead atoms. The van der Waals surface area contributed by atoms with Gasteiger partial charge in [0.2, 0.25) is 0 Å². The molecule has 0 unspecified atom stereocenters. The van der Waals surface area contributed by atoms with Gasteiger partial charge in [-0.3, -0.25) is 14.9 Å². The molecule has 3 N–H and O–H groups in total. The van der Waals surface area contributed by atoms with E-state index in [9.17, 15) is 4.79 Å². The van der Waals surface area contributed by atoms with Gasteiger partial charge < -0.3 is 5.73 Å². The van der Waals surface area contributed by atoms with Crippen molar-refractivity contribution in [3.05, 3.63) is 35.2 Å². The third-order valence-electron chi connectivity index (χ3n) is 2.54. The van der Waals surface area contributed by atoms with Gasteiger partial charge in [0.25, 0.3) is 5.91 Å². The zero-order chi connectivity index (χ0) is 13.2. The first-order chi connectivity index (χ1) is 9.27. The number of hydrogen-bond donors (Lipinski definition) is 2. The van der Waals surface area contributed by atoms with Crippen LogP contribution in [0.4, 0.5) is 0 Å². The molecule has 3 aromatic heterocycles. The van der Waals surface area contributed by atoms with E-state index in [-0.39, 0.29) is 5.69 Å². The number of hydrogen-bond acceptors (Lipinski definition) is 6. The SMILES string of the molecule is NC(=O)c1nccc(-c2cscn2)c1-c1ncn[nH]1. The largest absolute Gasteiger partial charge is 0.364 e. The first kappa shape index (κ1) is 11.5. The first-order valence-electron chi connectivity index (χ1n) is 5.30. The summed E-state index contributed by atoms with van der Waals surface area (Å²) in [5, 5.41) is 8.38. The third-order valence-corrected chi connectivity index (χ3v) is 3.13. The summed E-state index contributed by atoms with van der Waals surface area (Å²) in [6, 6.07) is 1.76. The van der Waals surface area contributed by atoms with Crippen LogP contribution in [0.15, 0.2) is 29.5 Å². The lowest BCUT2D eigenvalue weighted by Crippen LogP contribution is -2.15. The molecule has 1 amide bonds. The maximum absolute atomic E-state index is 11.5. The molecular weight excluding hydrogens is 264 g/mol. The third kappa shape index (κ3) is 1.97. The summed E-state index contributed by atoms with van der Waals surface area (Å²) in [5.41, 5.74) is 9.20. The molecule has 94 valence electrons. The van der Waals surface area contributed by atoms with Gasteiger partial charge in [-0.25, -0.2) is 9.97 Å². The van der Waals surface area contributed by atoms with Crippen molar-refractivity contribution in [2.75, 3.05) is 0 Å². The van der Waals surface area contributed by atoms with Crippen molar-refractivity contribution < 1.29 is 4.79 Å². The second-order valence-electron chi connectivity index (χ2n) is 3.65. The standard InChI is InChI=1S/C11H8N6OS/c12-10(18)9-8(11-14-4-16-17-11)6(1-2-13-9)7-3-19-5-15-7/h1-5H,(H2,12,18)(H,14,16,17). The van der Waals surface area contributed by atoms with Gasteiger partial charge in [-0.1, -0.05) is 0 Å². The fourth-order valence-electron chi connectivity index (χ4n) is 1.77. The Morgan fingerprint density at radius 3 is 2.84 bits per heavy atom. The van der Waals surface area contributed by atoms with Gasteiger partial charge in [0.15, 0.2) is 5.82 Å². The predicted molar refractivity (Wildman–Crippen MR) is 69.2 cm³/mol. The van der Waals surface area contributed by atoms with Gasteiger partial charge in [-0.2, -0.15) is 5.10 Å². The molecule has 0 aromatic carbocycles. The summed E-state index contributed by atoms with van der Waals surface area (Å²) in [6.45, 7) is 0. The van der Waals surface area contributed by atoms with E-state index in [1.807, 2.05) is 5.38 Å². The average molecular weight is 272 g/mol. The Balaban J connectivity index is 2.31. The van der Waals surface area contributed by atoms with E-state index in [0.717, 1.165) is 11.3 Å². The lowest BCUT2D eigenvalue weighted by atomic mass is 10.0. The molecule has 7 nitrogen and oxygen atoms in total. The molecule has 3 aromatic rings. The fraction of sp³-hybridized carbons (Fsp3) is 0. The molecule has 3 heterocycles. The van der Waals surface area contributed by atoms with E-state index in [1.54, 1.807) is 11.6 Å². The van der Waals surface area contributed by atoms with Gasteiger partial charge >= 0.3 is 0 Å². The van der Waals surface area contributed by atoms with Crippen molar-refractivity contribution >= 4 is 17.2 Å². The number of pyridine rings is 1. The number of nitrogens with zero attached hydrogens (tertiary/aromatic N) is 4. The molecule has 3 rings (SSSR count). The zero-order valence-electron chi connectivity index (χ0n) is 9.57. The molecule has 0 aliphatic rings. The number of rotatable bonds is 3. The van der Waals surface area contributed by atoms with Crippen molar-refractivity contribution in [2.45, 2.75) is 0 Å². The van der Waals surface area contributed by atoms with Crippen LogP contribution in [0.3, 0.4) is 0 Å². The van der Waals surface area contributed by atoms with E-state index >= 15 is 0 Å². The highest BCUT2D eigenvalue weighted by atomic mass is 32.1. The number of primary amides is 1. The van der Waals surface area contributed by atoms with Crippen LogP contribution in [0.25, 0.3) is 22.6 Å². The van der Waals surface area contributed by atoms with Crippen molar-refractivity contribution in [3.8, 4) is 22.6 Å². The van der Waals surface area contributed by atoms with Gasteiger partial charge in [0.1, 0.15) is 12.0 Å². The smallest absolute Gasteiger partial charge is 0.268 e. The van der Waals surface area contributed by atoms with Crippen LogP contribution in [0.1, 0.15) is 10.5 Å². The quantitative estimate of drug-likeness (QED) is 0.741. The number of amides is 1. The summed E-state index contributed by atoms with van der Waals surface area (Å²) in [5.74, 6) is -0.187. The molecule has 8 heteroatoms. The summed E-state index contributed by atoms with van der Waals surface area (Å²) in [4.78, 5) is 23.8. The summed E-state index contributed by atoms with van der Waals surface area (Å²) in [6.07, 6.45) is 2.88. The van der Waals surface area contributed by atoms with Crippen LogP contribution < -0.4 is 5.73 Å². The number of aromatic amines is 1. The molecule has 0 saturated heterocycles. The van der Waals surface area contributed by atoms with Crippen LogP contribution in [-0.4, -0.2) is 31.1 Å². The van der Waals surface area contributed by atoms with E-state index in [4.69, 9.17) is 5.73 Å². The Labute approximate surface area is 111 Å². The van der Waals surface area contributed by atoms with Crippen LogP contribution in [0.2, 0.25) is 0 Å². The minimum Gasteiger partial charge on any atom is -0.364 e. The number of nitrogens with one attached hydrogen (secondary N) is 1. The van der Waals surface area contributed by atoms with Crippen LogP contribution in [0.5, 0.6) is 0 Å². The Morgan fingerprint density at radius 1 is 1.32 bits per heavy atom. The maximum atomic E-state index is 11.5. The predicted octanol–water partition coefficient (Wildman–Crippen LogP) is 1.09. The molecular formula is C11H8N6OS. The first-order valence-corrected chi connectivity index (χ1v) is 6.24. The number of carbonyl (C=O) groups is 1. The van der Waals surface area contributed by atoms with E-state index in [1.165, 1.54) is 23.9 Å². The summed E-state index contributed by atoms with van der Waals surface area (Å²) >= 11 is 1.46. The lowest BCUT2D eigenvalue weighted by molar-refractivity contribution is 0.0996. The maximum Gasteiger partial charge on any atom is 0.268 e. The van der Waals surface area contributed by atoms with E-state index < -0.39 is 5.91 Å². The minimum absolute atomic E-state index is 0.141. The second kappa shape index (κ2) is 4.58. The van der Waals surface area contributed by atoms with Crippen molar-refractivity contribution in [1.29, 1.82) is 0 Å². The van der Waals surface area contributed by atoms with E-state index in [0.29, 0.717) is 11.4 Å². The van der Waals surface area contributed by atoms with Crippen molar-refractivity contribution in [2.24, 2.45) is 5.73 Å². The topological polar surface area (TPSA) is 110 Å². The Morgan fingerprint density at radius 2 is 2.21 bits per heavy atom. The lowest BCUT2D eigenvalue weighted by Gasteiger charge is -2.07. The van der Waals surface area contributed by atoms with Gasteiger partial charge in [0.05, 0.1) is 16.8 Å². The second-order valence-corrected chi connectivity index (χ2v) is 4.37. The van der Waals surface area contributed by atoms with Crippen LogP contribution >= 0.6 is 11.3 Å². The molecule has 0 spiro atoms. The number of H-pyrrole nitrogens is 1. The van der Waals surface area contributed by atoms with Crippen LogP contribution in [0, 0.1) is 0 Å². The number of aromatic nitrogens is 5. The Hall–Kier alpha value is -2.61. The molecule has 19 heavy (non-hydrogen) atoms. The monoisotopic (exact) mass is 272 g/mol. The highest BCUT2D eigenvalue weighted by Crippen LogP contribution is 2.31.